The van der Waals surface area contributed by atoms with Gasteiger partial charge in [-0.3, -0.25) is 4.90 Å². The van der Waals surface area contributed by atoms with Crippen LogP contribution in [-0.4, -0.2) is 62.1 Å². The molecule has 1 aliphatic rings. The number of rotatable bonds is 4. The quantitative estimate of drug-likeness (QED) is 0.739. The predicted molar refractivity (Wildman–Crippen MR) is 85.8 cm³/mol. The lowest BCUT2D eigenvalue weighted by Crippen LogP contribution is -2.49. The lowest BCUT2D eigenvalue weighted by molar-refractivity contribution is 0.151. The summed E-state index contributed by atoms with van der Waals surface area (Å²) < 4.78 is 27.1. The molecule has 0 atom stereocenters. The summed E-state index contributed by atoms with van der Waals surface area (Å²) in [7, 11) is -3.64. The van der Waals surface area contributed by atoms with Crippen molar-refractivity contribution < 1.29 is 13.5 Å². The number of nitrogens with zero attached hydrogens (tertiary/aromatic N) is 2. The number of sulfonamides is 1. The zero-order valence-corrected chi connectivity index (χ0v) is 14.5. The van der Waals surface area contributed by atoms with Crippen molar-refractivity contribution in [1.82, 2.24) is 9.21 Å². The number of aliphatic hydroxyl groups is 1. The van der Waals surface area contributed by atoms with Crippen molar-refractivity contribution in [3.63, 3.8) is 0 Å². The highest BCUT2D eigenvalue weighted by Crippen LogP contribution is 2.33. The molecule has 0 aliphatic carbocycles. The monoisotopic (exact) mass is 397 g/mol. The van der Waals surface area contributed by atoms with Crippen molar-refractivity contribution in [2.24, 2.45) is 0 Å². The van der Waals surface area contributed by atoms with Gasteiger partial charge in [0.05, 0.1) is 16.0 Å². The van der Waals surface area contributed by atoms with Crippen LogP contribution in [0.2, 0.25) is 5.02 Å². The maximum absolute atomic E-state index is 12.7. The molecule has 0 saturated carbocycles. The van der Waals surface area contributed by atoms with Crippen molar-refractivity contribution >= 4 is 43.2 Å². The van der Waals surface area contributed by atoms with Gasteiger partial charge in [0.2, 0.25) is 10.0 Å². The third-order valence-corrected chi connectivity index (χ3v) is 6.69. The number of aliphatic hydroxyl groups excluding tert-OH is 1. The Labute approximate surface area is 137 Å². The summed E-state index contributed by atoms with van der Waals surface area (Å²) in [6.07, 6.45) is 0. The van der Waals surface area contributed by atoms with Crippen LogP contribution in [0, 0.1) is 0 Å². The summed E-state index contributed by atoms with van der Waals surface area (Å²) in [6.45, 7) is 2.56. The first-order chi connectivity index (χ1) is 9.86. The molecule has 1 heterocycles. The first kappa shape index (κ1) is 17.0. The Balaban J connectivity index is 2.24. The molecule has 1 aromatic carbocycles. The van der Waals surface area contributed by atoms with Crippen LogP contribution in [-0.2, 0) is 10.0 Å². The summed E-state index contributed by atoms with van der Waals surface area (Å²) in [4.78, 5) is 2.11. The number of hydrogen-bond donors (Lipinski definition) is 2. The Morgan fingerprint density at radius 1 is 1.29 bits per heavy atom. The molecule has 0 bridgehead atoms. The fraction of sp³-hybridized carbons (Fsp3) is 0.500. The lowest BCUT2D eigenvalue weighted by atomic mass is 10.3. The van der Waals surface area contributed by atoms with Crippen LogP contribution in [0.4, 0.5) is 5.69 Å². The van der Waals surface area contributed by atoms with E-state index >= 15 is 0 Å². The molecule has 1 aromatic rings. The number of piperazine rings is 1. The van der Waals surface area contributed by atoms with E-state index in [4.69, 9.17) is 22.4 Å². The zero-order valence-electron chi connectivity index (χ0n) is 11.3. The van der Waals surface area contributed by atoms with Gasteiger partial charge in [0, 0.05) is 43.4 Å². The molecule has 0 aromatic heterocycles. The topological polar surface area (TPSA) is 86.9 Å². The Kier molecular flexibility index (Phi) is 5.50. The number of halogens is 2. The van der Waals surface area contributed by atoms with E-state index in [1.807, 2.05) is 4.90 Å². The van der Waals surface area contributed by atoms with E-state index in [0.717, 1.165) is 0 Å². The molecule has 1 fully saturated rings. The fourth-order valence-corrected chi connectivity index (χ4v) is 4.92. The third kappa shape index (κ3) is 3.69. The van der Waals surface area contributed by atoms with Crippen molar-refractivity contribution in [2.75, 3.05) is 45.1 Å². The second kappa shape index (κ2) is 6.80. The number of anilines is 1. The van der Waals surface area contributed by atoms with Gasteiger partial charge in [-0.2, -0.15) is 4.31 Å². The molecule has 1 saturated heterocycles. The second-order valence-electron chi connectivity index (χ2n) is 4.78. The Morgan fingerprint density at radius 3 is 2.48 bits per heavy atom. The van der Waals surface area contributed by atoms with E-state index < -0.39 is 10.0 Å². The molecule has 1 aliphatic heterocycles. The van der Waals surface area contributed by atoms with Gasteiger partial charge in [-0.05, 0) is 28.1 Å². The molecule has 0 radical (unpaired) electrons. The molecule has 0 spiro atoms. The normalized spacial score (nSPS) is 18.0. The zero-order chi connectivity index (χ0) is 15.6. The van der Waals surface area contributed by atoms with Gasteiger partial charge in [-0.25, -0.2) is 8.42 Å². The second-order valence-corrected chi connectivity index (χ2v) is 7.91. The SMILES string of the molecule is Nc1cc(Cl)cc(S(=O)(=O)N2CCN(CCO)CC2)c1Br. The summed E-state index contributed by atoms with van der Waals surface area (Å²) in [5.41, 5.74) is 6.05. The van der Waals surface area contributed by atoms with Crippen LogP contribution in [0.1, 0.15) is 0 Å². The van der Waals surface area contributed by atoms with Gasteiger partial charge in [0.1, 0.15) is 0 Å². The molecule has 3 N–H and O–H groups in total. The van der Waals surface area contributed by atoms with E-state index in [9.17, 15) is 8.42 Å². The van der Waals surface area contributed by atoms with Crippen molar-refractivity contribution in [2.45, 2.75) is 4.90 Å². The predicted octanol–water partition coefficient (Wildman–Crippen LogP) is 0.983. The number of benzene rings is 1. The van der Waals surface area contributed by atoms with Crippen molar-refractivity contribution in [3.8, 4) is 0 Å². The lowest BCUT2D eigenvalue weighted by Gasteiger charge is -2.33. The number of β-amino-alcohol motifs (C(OH)–C–C–N with tert-alkyl or cyclic N) is 1. The first-order valence-electron chi connectivity index (χ1n) is 6.44. The maximum Gasteiger partial charge on any atom is 0.244 e. The van der Waals surface area contributed by atoms with Crippen molar-refractivity contribution in [1.29, 1.82) is 0 Å². The number of nitrogens with two attached hydrogens (primary N) is 1. The molecule has 21 heavy (non-hydrogen) atoms. The van der Waals surface area contributed by atoms with E-state index in [2.05, 4.69) is 15.9 Å². The summed E-state index contributed by atoms with van der Waals surface area (Å²) in [5.74, 6) is 0. The largest absolute Gasteiger partial charge is 0.398 e. The van der Waals surface area contributed by atoms with Crippen LogP contribution in [0.5, 0.6) is 0 Å². The highest BCUT2D eigenvalue weighted by Gasteiger charge is 2.30. The van der Waals surface area contributed by atoms with E-state index in [1.54, 1.807) is 0 Å². The molecule has 9 heteroatoms. The molecule has 0 unspecified atom stereocenters. The summed E-state index contributed by atoms with van der Waals surface area (Å²) in [5, 5.41) is 9.20. The Bertz CT molecular complexity index is 618. The third-order valence-electron chi connectivity index (χ3n) is 3.40. The van der Waals surface area contributed by atoms with Crippen molar-refractivity contribution in [3.05, 3.63) is 21.6 Å². The molecular formula is C12H17BrClN3O3S. The molecule has 0 amide bonds. The maximum atomic E-state index is 12.7. The fourth-order valence-electron chi connectivity index (χ4n) is 2.25. The van der Waals surface area contributed by atoms with E-state index in [1.165, 1.54) is 16.4 Å². The minimum atomic E-state index is -3.64. The summed E-state index contributed by atoms with van der Waals surface area (Å²) >= 11 is 9.13. The van der Waals surface area contributed by atoms with Crippen LogP contribution in [0.25, 0.3) is 0 Å². The van der Waals surface area contributed by atoms with Gasteiger partial charge in [-0.15, -0.1) is 0 Å². The molecule has 6 nitrogen and oxygen atoms in total. The van der Waals surface area contributed by atoms with E-state index in [-0.39, 0.29) is 16.5 Å². The van der Waals surface area contributed by atoms with Crippen LogP contribution in [0.3, 0.4) is 0 Å². The van der Waals surface area contributed by atoms with Gasteiger partial charge in [0.25, 0.3) is 0 Å². The number of nitrogen functional groups attached to an aromatic ring is 1. The first-order valence-corrected chi connectivity index (χ1v) is 9.05. The molecule has 118 valence electrons. The van der Waals surface area contributed by atoms with Gasteiger partial charge < -0.3 is 10.8 Å². The summed E-state index contributed by atoms with van der Waals surface area (Å²) in [6, 6.07) is 2.90. The standard InChI is InChI=1S/C12H17BrClN3O3S/c13-12-10(15)7-9(14)8-11(12)21(19,20)17-3-1-16(2-4-17)5-6-18/h7-8,18H,1-6,15H2. The number of hydrogen-bond acceptors (Lipinski definition) is 5. The minimum Gasteiger partial charge on any atom is -0.398 e. The van der Waals surface area contributed by atoms with Crippen LogP contribution in [0.15, 0.2) is 21.5 Å². The molecule has 2 rings (SSSR count). The highest BCUT2D eigenvalue weighted by atomic mass is 79.9. The Morgan fingerprint density at radius 2 is 1.90 bits per heavy atom. The van der Waals surface area contributed by atoms with Gasteiger partial charge in [0.15, 0.2) is 0 Å². The highest BCUT2D eigenvalue weighted by molar-refractivity contribution is 9.10. The van der Waals surface area contributed by atoms with Gasteiger partial charge >= 0.3 is 0 Å². The average Bonchev–Trinajstić information content (AvgIpc) is 2.43. The van der Waals surface area contributed by atoms with Crippen LogP contribution >= 0.6 is 27.5 Å². The van der Waals surface area contributed by atoms with E-state index in [0.29, 0.717) is 42.9 Å². The molecular weight excluding hydrogens is 382 g/mol. The smallest absolute Gasteiger partial charge is 0.244 e. The van der Waals surface area contributed by atoms with Gasteiger partial charge in [-0.1, -0.05) is 11.6 Å². The Hall–Kier alpha value is -0.380. The van der Waals surface area contributed by atoms with Crippen LogP contribution < -0.4 is 5.73 Å². The minimum absolute atomic E-state index is 0.0725. The average molecular weight is 399 g/mol.